The van der Waals surface area contributed by atoms with E-state index in [4.69, 9.17) is 4.98 Å². The average Bonchev–Trinajstić information content (AvgIpc) is 2.91. The highest BCUT2D eigenvalue weighted by molar-refractivity contribution is 5.78. The van der Waals surface area contributed by atoms with Crippen molar-refractivity contribution in [2.75, 3.05) is 6.54 Å². The fraction of sp³-hybridized carbons (Fsp3) is 0.444. The van der Waals surface area contributed by atoms with Crippen LogP contribution in [0.5, 0.6) is 0 Å². The average molecular weight is 297 g/mol. The van der Waals surface area contributed by atoms with Crippen LogP contribution in [0.3, 0.4) is 0 Å². The number of carbonyl (C=O) groups is 1. The molecule has 0 radical (unpaired) electrons. The van der Waals surface area contributed by atoms with Gasteiger partial charge in [0.05, 0.1) is 11.2 Å². The number of para-hydroxylation sites is 1. The Morgan fingerprint density at radius 3 is 2.82 bits per heavy atom. The maximum atomic E-state index is 11.4. The molecule has 1 aliphatic heterocycles. The summed E-state index contributed by atoms with van der Waals surface area (Å²) in [5, 5.41) is 4.23. The van der Waals surface area contributed by atoms with Gasteiger partial charge in [-0.15, -0.1) is 0 Å². The van der Waals surface area contributed by atoms with E-state index in [9.17, 15) is 4.79 Å². The number of fused-ring (bicyclic) bond motifs is 1. The zero-order chi connectivity index (χ0) is 15.5. The van der Waals surface area contributed by atoms with Crippen LogP contribution in [0.1, 0.15) is 32.4 Å². The lowest BCUT2D eigenvalue weighted by Gasteiger charge is -2.28. The number of nitrogens with one attached hydrogen (secondary N) is 1. The van der Waals surface area contributed by atoms with Crippen molar-refractivity contribution in [2.45, 2.75) is 45.3 Å². The Hall–Kier alpha value is -1.94. The Kier molecular flexibility index (Phi) is 4.39. The highest BCUT2D eigenvalue weighted by atomic mass is 16.1. The van der Waals surface area contributed by atoms with E-state index in [1.165, 1.54) is 5.39 Å². The van der Waals surface area contributed by atoms with Crippen molar-refractivity contribution >= 4 is 16.8 Å². The molecule has 1 aromatic heterocycles. The summed E-state index contributed by atoms with van der Waals surface area (Å²) < 4.78 is 0. The molecule has 0 spiro atoms. The predicted molar refractivity (Wildman–Crippen MR) is 88.5 cm³/mol. The summed E-state index contributed by atoms with van der Waals surface area (Å²) in [6, 6.07) is 13.1. The van der Waals surface area contributed by atoms with E-state index in [2.05, 4.69) is 48.3 Å². The molecular weight excluding hydrogens is 274 g/mol. The summed E-state index contributed by atoms with van der Waals surface area (Å²) >= 11 is 0. The number of nitrogens with zero attached hydrogens (tertiary/aromatic N) is 2. The van der Waals surface area contributed by atoms with Gasteiger partial charge in [0.15, 0.2) is 0 Å². The highest BCUT2D eigenvalue weighted by Crippen LogP contribution is 2.16. The van der Waals surface area contributed by atoms with Crippen LogP contribution in [-0.4, -0.2) is 34.4 Å². The topological polar surface area (TPSA) is 45.2 Å². The summed E-state index contributed by atoms with van der Waals surface area (Å²) in [6.07, 6.45) is 1.60. The van der Waals surface area contributed by atoms with Crippen molar-refractivity contribution < 1.29 is 4.79 Å². The van der Waals surface area contributed by atoms with Crippen molar-refractivity contribution in [3.63, 3.8) is 0 Å². The molecule has 1 aromatic carbocycles. The van der Waals surface area contributed by atoms with Crippen molar-refractivity contribution in [1.82, 2.24) is 15.2 Å². The third-order valence-electron chi connectivity index (χ3n) is 4.29. The number of rotatable bonds is 5. The van der Waals surface area contributed by atoms with Crippen LogP contribution >= 0.6 is 0 Å². The molecule has 1 unspecified atom stereocenters. The van der Waals surface area contributed by atoms with Crippen molar-refractivity contribution in [1.29, 1.82) is 0 Å². The van der Waals surface area contributed by atoms with Gasteiger partial charge >= 0.3 is 0 Å². The molecular formula is C18H23N3O. The molecule has 1 fully saturated rings. The normalized spacial score (nSPS) is 18.4. The fourth-order valence-electron chi connectivity index (χ4n) is 2.96. The monoisotopic (exact) mass is 297 g/mol. The van der Waals surface area contributed by atoms with E-state index in [0.717, 1.165) is 30.7 Å². The maximum Gasteiger partial charge on any atom is 0.220 e. The molecule has 116 valence electrons. The Bertz CT molecular complexity index is 668. The largest absolute Gasteiger partial charge is 0.352 e. The van der Waals surface area contributed by atoms with E-state index in [0.29, 0.717) is 12.5 Å². The fourth-order valence-corrected chi connectivity index (χ4v) is 2.96. The first-order valence-corrected chi connectivity index (χ1v) is 8.00. The minimum atomic E-state index is 0.178. The van der Waals surface area contributed by atoms with Crippen molar-refractivity contribution in [3.05, 3.63) is 42.1 Å². The Balaban J connectivity index is 1.72. The molecule has 1 N–H and O–H groups in total. The number of aromatic nitrogens is 1. The van der Waals surface area contributed by atoms with Gasteiger partial charge in [0.1, 0.15) is 0 Å². The van der Waals surface area contributed by atoms with E-state index in [1.807, 2.05) is 12.1 Å². The Labute approximate surface area is 131 Å². The van der Waals surface area contributed by atoms with Gasteiger partial charge in [-0.25, -0.2) is 0 Å². The van der Waals surface area contributed by atoms with Gasteiger partial charge in [0, 0.05) is 37.0 Å². The van der Waals surface area contributed by atoms with Crippen LogP contribution in [0, 0.1) is 0 Å². The van der Waals surface area contributed by atoms with Crippen molar-refractivity contribution in [3.8, 4) is 0 Å². The van der Waals surface area contributed by atoms with Gasteiger partial charge in [0.2, 0.25) is 5.91 Å². The lowest BCUT2D eigenvalue weighted by atomic mass is 10.1. The molecule has 0 aliphatic carbocycles. The lowest BCUT2D eigenvalue weighted by molar-refractivity contribution is -0.119. The number of carbonyl (C=O) groups excluding carboxylic acids is 1. The summed E-state index contributed by atoms with van der Waals surface area (Å²) in [5.41, 5.74) is 2.12. The number of amides is 1. The smallest absolute Gasteiger partial charge is 0.220 e. The Morgan fingerprint density at radius 1 is 1.27 bits per heavy atom. The minimum Gasteiger partial charge on any atom is -0.352 e. The second kappa shape index (κ2) is 6.44. The zero-order valence-electron chi connectivity index (χ0n) is 13.2. The zero-order valence-corrected chi connectivity index (χ0v) is 13.2. The van der Waals surface area contributed by atoms with Gasteiger partial charge in [-0.3, -0.25) is 14.7 Å². The standard InChI is InChI=1S/C18H23N3O/c1-13(2)21(12-16-9-10-18(22)20-16)11-15-8-7-14-5-3-4-6-17(14)19-15/h3-8,13,16H,9-12H2,1-2H3,(H,20,22). The second-order valence-electron chi connectivity index (χ2n) is 6.32. The molecule has 3 rings (SSSR count). The third kappa shape index (κ3) is 3.45. The molecule has 1 saturated heterocycles. The molecule has 0 saturated carbocycles. The number of hydrogen-bond donors (Lipinski definition) is 1. The summed E-state index contributed by atoms with van der Waals surface area (Å²) in [4.78, 5) is 18.5. The molecule has 4 nitrogen and oxygen atoms in total. The SMILES string of the molecule is CC(C)N(Cc1ccc2ccccc2n1)CC1CCC(=O)N1. The van der Waals surface area contributed by atoms with Crippen LogP contribution in [0.2, 0.25) is 0 Å². The third-order valence-corrected chi connectivity index (χ3v) is 4.29. The molecule has 22 heavy (non-hydrogen) atoms. The van der Waals surface area contributed by atoms with E-state index in [1.54, 1.807) is 0 Å². The molecule has 2 aromatic rings. The lowest BCUT2D eigenvalue weighted by Crippen LogP contribution is -2.41. The number of pyridine rings is 1. The summed E-state index contributed by atoms with van der Waals surface area (Å²) in [5.74, 6) is 0.178. The molecule has 1 atom stereocenters. The molecule has 1 amide bonds. The van der Waals surface area contributed by atoms with Gasteiger partial charge in [0.25, 0.3) is 0 Å². The number of benzene rings is 1. The molecule has 4 heteroatoms. The van der Waals surface area contributed by atoms with Gasteiger partial charge in [-0.05, 0) is 32.4 Å². The highest BCUT2D eigenvalue weighted by Gasteiger charge is 2.24. The molecule has 2 heterocycles. The minimum absolute atomic E-state index is 0.178. The van der Waals surface area contributed by atoms with Crippen molar-refractivity contribution in [2.24, 2.45) is 0 Å². The van der Waals surface area contributed by atoms with Gasteiger partial charge in [-0.2, -0.15) is 0 Å². The quantitative estimate of drug-likeness (QED) is 0.923. The van der Waals surface area contributed by atoms with Crippen LogP contribution in [0.4, 0.5) is 0 Å². The summed E-state index contributed by atoms with van der Waals surface area (Å²) in [7, 11) is 0. The van der Waals surface area contributed by atoms with Gasteiger partial charge < -0.3 is 5.32 Å². The first-order chi connectivity index (χ1) is 10.6. The summed E-state index contributed by atoms with van der Waals surface area (Å²) in [6.45, 7) is 6.09. The van der Waals surface area contributed by atoms with E-state index >= 15 is 0 Å². The van der Waals surface area contributed by atoms with Crippen LogP contribution < -0.4 is 5.32 Å². The van der Waals surface area contributed by atoms with Gasteiger partial charge in [-0.1, -0.05) is 24.3 Å². The van der Waals surface area contributed by atoms with E-state index in [-0.39, 0.29) is 11.9 Å². The molecule has 1 aliphatic rings. The first-order valence-electron chi connectivity index (χ1n) is 8.00. The van der Waals surface area contributed by atoms with E-state index < -0.39 is 0 Å². The van der Waals surface area contributed by atoms with Crippen LogP contribution in [-0.2, 0) is 11.3 Å². The predicted octanol–water partition coefficient (Wildman–Crippen LogP) is 2.72. The second-order valence-corrected chi connectivity index (χ2v) is 6.32. The maximum absolute atomic E-state index is 11.4. The molecule has 0 bridgehead atoms. The van der Waals surface area contributed by atoms with Crippen LogP contribution in [0.25, 0.3) is 10.9 Å². The Morgan fingerprint density at radius 2 is 2.09 bits per heavy atom. The first kappa shape index (κ1) is 15.0. The van der Waals surface area contributed by atoms with Crippen LogP contribution in [0.15, 0.2) is 36.4 Å². The number of hydrogen-bond acceptors (Lipinski definition) is 3.